The van der Waals surface area contributed by atoms with Crippen LogP contribution in [0.4, 0.5) is 0 Å². The van der Waals surface area contributed by atoms with Crippen molar-refractivity contribution in [1.82, 2.24) is 0 Å². The van der Waals surface area contributed by atoms with Crippen LogP contribution in [-0.4, -0.2) is 20.2 Å². The zero-order chi connectivity index (χ0) is 17.1. The van der Waals surface area contributed by atoms with Crippen molar-refractivity contribution in [2.75, 3.05) is 14.2 Å². The predicted molar refractivity (Wildman–Crippen MR) is 93.0 cm³/mol. The minimum Gasteiger partial charge on any atom is -0.497 e. The van der Waals surface area contributed by atoms with Crippen molar-refractivity contribution in [2.24, 2.45) is 0 Å². The van der Waals surface area contributed by atoms with E-state index in [1.807, 2.05) is 30.3 Å². The first kappa shape index (κ1) is 16.1. The molecule has 2 aromatic rings. The molecule has 1 heterocycles. The number of carbonyl (C=O) groups excluding carboxylic acids is 1. The molecule has 0 amide bonds. The number of rotatable bonds is 4. The van der Waals surface area contributed by atoms with Gasteiger partial charge in [0.15, 0.2) is 0 Å². The summed E-state index contributed by atoms with van der Waals surface area (Å²) in [6, 6.07) is 12.7. The summed E-state index contributed by atoms with van der Waals surface area (Å²) in [7, 11) is 3.18. The molecule has 0 bridgehead atoms. The maximum Gasteiger partial charge on any atom is 0.336 e. The topological polar surface area (TPSA) is 44.8 Å². The number of hydrogen-bond acceptors (Lipinski definition) is 4. The summed E-state index contributed by atoms with van der Waals surface area (Å²) in [6.45, 7) is 0. The van der Waals surface area contributed by atoms with Gasteiger partial charge in [-0.25, -0.2) is 4.79 Å². The molecule has 0 spiro atoms. The molecule has 0 unspecified atom stereocenters. The molecule has 122 valence electrons. The van der Waals surface area contributed by atoms with Crippen LogP contribution in [0.5, 0.6) is 11.5 Å². The average Bonchev–Trinajstić information content (AvgIpc) is 2.97. The number of methoxy groups -OCH3 is 2. The van der Waals surface area contributed by atoms with Gasteiger partial charge in [0.2, 0.25) is 0 Å². The van der Waals surface area contributed by atoms with Gasteiger partial charge in [-0.15, -0.1) is 0 Å². The van der Waals surface area contributed by atoms with Gasteiger partial charge in [-0.2, -0.15) is 0 Å². The molecular formula is C19H15ClO4. The van der Waals surface area contributed by atoms with E-state index in [9.17, 15) is 4.79 Å². The summed E-state index contributed by atoms with van der Waals surface area (Å²) in [5, 5.41) is 0.513. The predicted octanol–water partition coefficient (Wildman–Crippen LogP) is 4.34. The minimum absolute atomic E-state index is 0.406. The smallest absolute Gasteiger partial charge is 0.336 e. The van der Waals surface area contributed by atoms with Gasteiger partial charge in [0.05, 0.1) is 19.2 Å². The van der Waals surface area contributed by atoms with Crippen molar-refractivity contribution >= 4 is 29.2 Å². The Balaban J connectivity index is 1.97. The Morgan fingerprint density at radius 1 is 1.00 bits per heavy atom. The number of hydrogen-bond donors (Lipinski definition) is 0. The molecule has 0 saturated carbocycles. The minimum atomic E-state index is -0.406. The van der Waals surface area contributed by atoms with Gasteiger partial charge in [0, 0.05) is 11.6 Å². The average molecular weight is 343 g/mol. The van der Waals surface area contributed by atoms with Gasteiger partial charge in [-0.05, 0) is 47.5 Å². The van der Waals surface area contributed by atoms with Crippen molar-refractivity contribution in [3.8, 4) is 11.5 Å². The lowest BCUT2D eigenvalue weighted by Gasteiger charge is -2.08. The Labute approximate surface area is 144 Å². The molecule has 2 aromatic carbocycles. The SMILES string of the molecule is COc1ccc(C2=CC(=O)O/C2=C\c2ccc(OC)cc2Cl)cc1. The van der Waals surface area contributed by atoms with Gasteiger partial charge in [-0.1, -0.05) is 23.7 Å². The Morgan fingerprint density at radius 2 is 1.67 bits per heavy atom. The number of esters is 1. The van der Waals surface area contributed by atoms with E-state index >= 15 is 0 Å². The van der Waals surface area contributed by atoms with Gasteiger partial charge >= 0.3 is 5.97 Å². The highest BCUT2D eigenvalue weighted by Crippen LogP contribution is 2.33. The normalized spacial score (nSPS) is 15.2. The van der Waals surface area contributed by atoms with Crippen LogP contribution in [0.1, 0.15) is 11.1 Å². The number of benzene rings is 2. The number of allylic oxidation sites excluding steroid dienone is 1. The molecule has 0 atom stereocenters. The van der Waals surface area contributed by atoms with E-state index in [1.165, 1.54) is 6.08 Å². The van der Waals surface area contributed by atoms with Crippen LogP contribution in [0.2, 0.25) is 5.02 Å². The van der Waals surface area contributed by atoms with Crippen molar-refractivity contribution < 1.29 is 19.0 Å². The summed E-state index contributed by atoms with van der Waals surface area (Å²) in [6.07, 6.45) is 3.20. The van der Waals surface area contributed by atoms with Crippen LogP contribution in [0.25, 0.3) is 11.6 Å². The number of cyclic esters (lactones) is 1. The zero-order valence-corrected chi connectivity index (χ0v) is 14.0. The van der Waals surface area contributed by atoms with Crippen LogP contribution in [-0.2, 0) is 9.53 Å². The lowest BCUT2D eigenvalue weighted by atomic mass is 10.0. The second-order valence-electron chi connectivity index (χ2n) is 5.10. The van der Waals surface area contributed by atoms with Crippen molar-refractivity contribution in [1.29, 1.82) is 0 Å². The quantitative estimate of drug-likeness (QED) is 0.775. The van der Waals surface area contributed by atoms with Crippen molar-refractivity contribution in [3.05, 3.63) is 70.4 Å². The van der Waals surface area contributed by atoms with Crippen molar-refractivity contribution in [2.45, 2.75) is 0 Å². The summed E-state index contributed by atoms with van der Waals surface area (Å²) in [5.74, 6) is 1.46. The Bertz CT molecular complexity index is 835. The van der Waals surface area contributed by atoms with E-state index in [-0.39, 0.29) is 0 Å². The summed E-state index contributed by atoms with van der Waals surface area (Å²) in [4.78, 5) is 11.7. The van der Waals surface area contributed by atoms with E-state index in [0.29, 0.717) is 22.1 Å². The van der Waals surface area contributed by atoms with Gasteiger partial charge < -0.3 is 14.2 Å². The highest BCUT2D eigenvalue weighted by atomic mass is 35.5. The second-order valence-corrected chi connectivity index (χ2v) is 5.51. The second kappa shape index (κ2) is 6.81. The van der Waals surface area contributed by atoms with Crippen LogP contribution >= 0.6 is 11.6 Å². The molecule has 24 heavy (non-hydrogen) atoms. The lowest BCUT2D eigenvalue weighted by Crippen LogP contribution is -1.92. The fraction of sp³-hybridized carbons (Fsp3) is 0.105. The molecule has 0 saturated heterocycles. The standard InChI is InChI=1S/C19H15ClO4/c1-22-14-6-3-12(4-7-14)16-11-19(21)24-18(16)9-13-5-8-15(23-2)10-17(13)20/h3-11H,1-2H3/b18-9-. The summed E-state index contributed by atoms with van der Waals surface area (Å²) < 4.78 is 15.6. The number of ether oxygens (including phenoxy) is 3. The van der Waals surface area contributed by atoms with E-state index in [2.05, 4.69) is 0 Å². The lowest BCUT2D eigenvalue weighted by molar-refractivity contribution is -0.132. The summed E-state index contributed by atoms with van der Waals surface area (Å²) >= 11 is 6.26. The fourth-order valence-corrected chi connectivity index (χ4v) is 2.60. The third-order valence-electron chi connectivity index (χ3n) is 3.63. The molecular weight excluding hydrogens is 328 g/mol. The third-order valence-corrected chi connectivity index (χ3v) is 3.96. The van der Waals surface area contributed by atoms with Crippen molar-refractivity contribution in [3.63, 3.8) is 0 Å². The van der Waals surface area contributed by atoms with Gasteiger partial charge in [-0.3, -0.25) is 0 Å². The fourth-order valence-electron chi connectivity index (χ4n) is 2.38. The molecule has 1 aliphatic heterocycles. The van der Waals surface area contributed by atoms with Crippen LogP contribution < -0.4 is 9.47 Å². The van der Waals surface area contributed by atoms with E-state index in [0.717, 1.165) is 16.9 Å². The third kappa shape index (κ3) is 3.29. The van der Waals surface area contributed by atoms with Gasteiger partial charge in [0.1, 0.15) is 17.3 Å². The first-order valence-corrected chi connectivity index (χ1v) is 7.62. The summed E-state index contributed by atoms with van der Waals surface area (Å²) in [5.41, 5.74) is 2.30. The molecule has 0 radical (unpaired) electrons. The maximum absolute atomic E-state index is 11.7. The largest absolute Gasteiger partial charge is 0.497 e. The monoisotopic (exact) mass is 342 g/mol. The van der Waals surface area contributed by atoms with Gasteiger partial charge in [0.25, 0.3) is 0 Å². The highest BCUT2D eigenvalue weighted by Gasteiger charge is 2.22. The molecule has 0 aromatic heterocycles. The number of halogens is 1. The van der Waals surface area contributed by atoms with E-state index in [1.54, 1.807) is 32.4 Å². The Hall–Kier alpha value is -2.72. The Kier molecular flexibility index (Phi) is 4.58. The molecule has 0 N–H and O–H groups in total. The van der Waals surface area contributed by atoms with Crippen LogP contribution in [0, 0.1) is 0 Å². The molecule has 0 aliphatic carbocycles. The number of carbonyl (C=O) groups is 1. The zero-order valence-electron chi connectivity index (χ0n) is 13.2. The van der Waals surface area contributed by atoms with Crippen LogP contribution in [0.15, 0.2) is 54.3 Å². The molecule has 5 heteroatoms. The first-order valence-electron chi connectivity index (χ1n) is 7.24. The van der Waals surface area contributed by atoms with E-state index in [4.69, 9.17) is 25.8 Å². The molecule has 3 rings (SSSR count). The van der Waals surface area contributed by atoms with E-state index < -0.39 is 5.97 Å². The molecule has 4 nitrogen and oxygen atoms in total. The molecule has 0 fully saturated rings. The first-order chi connectivity index (χ1) is 11.6. The van der Waals surface area contributed by atoms with Crippen LogP contribution in [0.3, 0.4) is 0 Å². The Morgan fingerprint density at radius 3 is 2.29 bits per heavy atom. The highest BCUT2D eigenvalue weighted by molar-refractivity contribution is 6.32. The maximum atomic E-state index is 11.7. The molecule has 1 aliphatic rings.